The fourth-order valence-corrected chi connectivity index (χ4v) is 2.94. The van der Waals surface area contributed by atoms with E-state index in [2.05, 4.69) is 30.0 Å². The van der Waals surface area contributed by atoms with E-state index >= 15 is 0 Å². The molecule has 4 heteroatoms. The average molecular weight is 291 g/mol. The molecule has 0 amide bonds. The predicted molar refractivity (Wildman–Crippen MR) is 81.4 cm³/mol. The van der Waals surface area contributed by atoms with Crippen molar-refractivity contribution in [1.82, 2.24) is 4.57 Å². The molecule has 1 unspecified atom stereocenters. The summed E-state index contributed by atoms with van der Waals surface area (Å²) in [4.78, 5) is 0. The van der Waals surface area contributed by atoms with Crippen molar-refractivity contribution in [2.24, 2.45) is 5.73 Å². The Morgan fingerprint density at radius 1 is 1.45 bits per heavy atom. The molecule has 106 valence electrons. The minimum atomic E-state index is 0.109. The van der Waals surface area contributed by atoms with Crippen LogP contribution in [0.4, 0.5) is 0 Å². The van der Waals surface area contributed by atoms with Crippen LogP contribution in [0.25, 0.3) is 0 Å². The van der Waals surface area contributed by atoms with Gasteiger partial charge in [-0.2, -0.15) is 0 Å². The molecule has 3 nitrogen and oxygen atoms in total. The smallest absolute Gasteiger partial charge is 0.127 e. The Labute approximate surface area is 124 Å². The molecule has 20 heavy (non-hydrogen) atoms. The minimum absolute atomic E-state index is 0.109. The van der Waals surface area contributed by atoms with Crippen molar-refractivity contribution in [3.8, 4) is 5.75 Å². The lowest BCUT2D eigenvalue weighted by molar-refractivity contribution is 0.352. The summed E-state index contributed by atoms with van der Waals surface area (Å²) in [5.41, 5.74) is 9.58. The zero-order chi connectivity index (χ0) is 14.1. The summed E-state index contributed by atoms with van der Waals surface area (Å²) in [5.74, 6) is 1.00. The molecule has 1 aliphatic heterocycles. The maximum Gasteiger partial charge on any atom is 0.127 e. The van der Waals surface area contributed by atoms with Crippen molar-refractivity contribution in [1.29, 1.82) is 0 Å². The van der Waals surface area contributed by atoms with Gasteiger partial charge in [0.1, 0.15) is 5.75 Å². The molecule has 0 fully saturated rings. The van der Waals surface area contributed by atoms with Crippen LogP contribution >= 0.6 is 11.6 Å². The standard InChI is InChI=1S/C16H19ClN2O/c1-2-15(18)12-3-5-19(9-12)10-13-8-14(17)7-11-4-6-20-16(11)13/h3,5,7-9,15H,2,4,6,10,18H2,1H3. The molecule has 2 aromatic rings. The lowest BCUT2D eigenvalue weighted by Crippen LogP contribution is -2.07. The van der Waals surface area contributed by atoms with Crippen LogP contribution in [0.1, 0.15) is 36.1 Å². The summed E-state index contributed by atoms with van der Waals surface area (Å²) >= 11 is 6.19. The zero-order valence-corrected chi connectivity index (χ0v) is 12.4. The van der Waals surface area contributed by atoms with Crippen molar-refractivity contribution in [2.45, 2.75) is 32.4 Å². The number of halogens is 1. The van der Waals surface area contributed by atoms with Gasteiger partial charge < -0.3 is 15.0 Å². The normalized spacial score (nSPS) is 14.9. The first kappa shape index (κ1) is 13.5. The van der Waals surface area contributed by atoms with E-state index in [1.54, 1.807) is 0 Å². The second-order valence-corrected chi connectivity index (χ2v) is 5.72. The van der Waals surface area contributed by atoms with Crippen molar-refractivity contribution in [2.75, 3.05) is 6.61 Å². The van der Waals surface area contributed by atoms with Crippen LogP contribution < -0.4 is 10.5 Å². The summed E-state index contributed by atoms with van der Waals surface area (Å²) < 4.78 is 7.87. The van der Waals surface area contributed by atoms with Gasteiger partial charge in [0.05, 0.1) is 13.2 Å². The van der Waals surface area contributed by atoms with Crippen LogP contribution in [0.2, 0.25) is 5.02 Å². The quantitative estimate of drug-likeness (QED) is 0.936. The third-order valence-electron chi connectivity index (χ3n) is 3.82. The molecular weight excluding hydrogens is 272 g/mol. The molecule has 0 radical (unpaired) electrons. The molecule has 1 atom stereocenters. The van der Waals surface area contributed by atoms with E-state index in [1.165, 1.54) is 11.1 Å². The Kier molecular flexibility index (Phi) is 3.72. The first-order valence-electron chi connectivity index (χ1n) is 7.02. The number of aromatic nitrogens is 1. The van der Waals surface area contributed by atoms with Crippen molar-refractivity contribution in [3.05, 3.63) is 52.3 Å². The monoisotopic (exact) mass is 290 g/mol. The van der Waals surface area contributed by atoms with Crippen LogP contribution in [0.3, 0.4) is 0 Å². The van der Waals surface area contributed by atoms with Gasteiger partial charge in [0.15, 0.2) is 0 Å². The van der Waals surface area contributed by atoms with Crippen LogP contribution in [0, 0.1) is 0 Å². The van der Waals surface area contributed by atoms with Gasteiger partial charge in [0.2, 0.25) is 0 Å². The fraction of sp³-hybridized carbons (Fsp3) is 0.375. The molecule has 0 aliphatic carbocycles. The van der Waals surface area contributed by atoms with Crippen molar-refractivity contribution >= 4 is 11.6 Å². The lowest BCUT2D eigenvalue weighted by Gasteiger charge is -2.10. The third kappa shape index (κ3) is 2.56. The Balaban J connectivity index is 1.86. The highest BCUT2D eigenvalue weighted by molar-refractivity contribution is 6.30. The van der Waals surface area contributed by atoms with Crippen molar-refractivity contribution in [3.63, 3.8) is 0 Å². The van der Waals surface area contributed by atoms with E-state index in [4.69, 9.17) is 22.1 Å². The average Bonchev–Trinajstić information content (AvgIpc) is 3.06. The molecule has 0 saturated carbocycles. The summed E-state index contributed by atoms with van der Waals surface area (Å²) in [6.07, 6.45) is 6.06. The van der Waals surface area contributed by atoms with Gasteiger partial charge >= 0.3 is 0 Å². The Bertz CT molecular complexity index is 621. The second kappa shape index (κ2) is 5.51. The molecular formula is C16H19ClN2O. The Morgan fingerprint density at radius 3 is 3.10 bits per heavy atom. The predicted octanol–water partition coefficient (Wildman–Crippen LogP) is 3.53. The first-order chi connectivity index (χ1) is 9.67. The van der Waals surface area contributed by atoms with E-state index in [0.717, 1.165) is 42.3 Å². The second-order valence-electron chi connectivity index (χ2n) is 5.28. The molecule has 2 heterocycles. The highest BCUT2D eigenvalue weighted by atomic mass is 35.5. The van der Waals surface area contributed by atoms with E-state index in [-0.39, 0.29) is 6.04 Å². The highest BCUT2D eigenvalue weighted by Crippen LogP contribution is 2.33. The Morgan fingerprint density at radius 2 is 2.30 bits per heavy atom. The van der Waals surface area contributed by atoms with Gasteiger partial charge in [-0.3, -0.25) is 0 Å². The van der Waals surface area contributed by atoms with Gasteiger partial charge in [-0.25, -0.2) is 0 Å². The number of fused-ring (bicyclic) bond motifs is 1. The number of nitrogens with two attached hydrogens (primary N) is 1. The molecule has 2 N–H and O–H groups in total. The van der Waals surface area contributed by atoms with E-state index < -0.39 is 0 Å². The van der Waals surface area contributed by atoms with E-state index in [1.807, 2.05) is 12.1 Å². The number of hydrogen-bond acceptors (Lipinski definition) is 2. The van der Waals surface area contributed by atoms with Gasteiger partial charge in [0.25, 0.3) is 0 Å². The first-order valence-corrected chi connectivity index (χ1v) is 7.40. The number of benzene rings is 1. The van der Waals surface area contributed by atoms with Gasteiger partial charge in [-0.1, -0.05) is 18.5 Å². The summed E-state index contributed by atoms with van der Waals surface area (Å²) in [6.45, 7) is 3.61. The van der Waals surface area contributed by atoms with Crippen molar-refractivity contribution < 1.29 is 4.74 Å². The molecule has 0 spiro atoms. The van der Waals surface area contributed by atoms with Gasteiger partial charge in [-0.15, -0.1) is 0 Å². The lowest BCUT2D eigenvalue weighted by atomic mass is 10.1. The Hall–Kier alpha value is -1.45. The molecule has 1 aromatic carbocycles. The SMILES string of the molecule is CCC(N)c1ccn(Cc2cc(Cl)cc3c2OCC3)c1. The summed E-state index contributed by atoms with van der Waals surface area (Å²) in [7, 11) is 0. The van der Waals surface area contributed by atoms with Crippen LogP contribution in [0.5, 0.6) is 5.75 Å². The molecule has 1 aromatic heterocycles. The minimum Gasteiger partial charge on any atom is -0.493 e. The summed E-state index contributed by atoms with van der Waals surface area (Å²) in [5, 5.41) is 0.780. The maximum absolute atomic E-state index is 6.19. The van der Waals surface area contributed by atoms with E-state index in [9.17, 15) is 0 Å². The zero-order valence-electron chi connectivity index (χ0n) is 11.6. The highest BCUT2D eigenvalue weighted by Gasteiger charge is 2.18. The van der Waals surface area contributed by atoms with Crippen LogP contribution in [-0.4, -0.2) is 11.2 Å². The number of hydrogen-bond donors (Lipinski definition) is 1. The fourth-order valence-electron chi connectivity index (χ4n) is 2.67. The number of ether oxygens (including phenoxy) is 1. The van der Waals surface area contributed by atoms with Gasteiger partial charge in [0, 0.05) is 35.4 Å². The van der Waals surface area contributed by atoms with Crippen LogP contribution in [-0.2, 0) is 13.0 Å². The van der Waals surface area contributed by atoms with Gasteiger partial charge in [-0.05, 0) is 35.7 Å². The largest absolute Gasteiger partial charge is 0.493 e. The third-order valence-corrected chi connectivity index (χ3v) is 4.04. The maximum atomic E-state index is 6.19. The molecule has 1 aliphatic rings. The number of nitrogens with zero attached hydrogens (tertiary/aromatic N) is 1. The summed E-state index contributed by atoms with van der Waals surface area (Å²) in [6, 6.07) is 6.18. The molecule has 3 rings (SSSR count). The van der Waals surface area contributed by atoms with Crippen LogP contribution in [0.15, 0.2) is 30.6 Å². The molecule has 0 bridgehead atoms. The number of rotatable bonds is 4. The topological polar surface area (TPSA) is 40.2 Å². The molecule has 0 saturated heterocycles. The van der Waals surface area contributed by atoms with E-state index in [0.29, 0.717) is 0 Å².